The van der Waals surface area contributed by atoms with E-state index < -0.39 is 11.7 Å². The van der Waals surface area contributed by atoms with Crippen molar-refractivity contribution >= 4 is 23.1 Å². The molecule has 134 valence electrons. The molecule has 1 N–H and O–H groups in total. The molecule has 2 aromatic carbocycles. The van der Waals surface area contributed by atoms with Crippen LogP contribution in [0, 0.1) is 0 Å². The summed E-state index contributed by atoms with van der Waals surface area (Å²) in [5.41, 5.74) is 0.747. The normalized spacial score (nSPS) is 13.8. The largest absolute Gasteiger partial charge is 0.508 e. The van der Waals surface area contributed by atoms with E-state index in [1.165, 1.54) is 23.9 Å². The van der Waals surface area contributed by atoms with Gasteiger partial charge in [0.1, 0.15) is 5.75 Å². The van der Waals surface area contributed by atoms with Gasteiger partial charge in [0.05, 0.1) is 16.9 Å². The maximum absolute atomic E-state index is 13.1. The number of aromatic hydroxyl groups is 1. The maximum Gasteiger partial charge on any atom is 0.416 e. The fraction of sp³-hybridized carbons (Fsp3) is 0.333. The minimum atomic E-state index is -4.37. The minimum absolute atomic E-state index is 0.148. The highest BCUT2D eigenvalue weighted by molar-refractivity contribution is 7.99. The van der Waals surface area contributed by atoms with Crippen molar-refractivity contribution in [2.45, 2.75) is 22.4 Å². The van der Waals surface area contributed by atoms with Gasteiger partial charge in [0.15, 0.2) is 0 Å². The van der Waals surface area contributed by atoms with Gasteiger partial charge < -0.3 is 14.9 Å². The Kier molecular flexibility index (Phi) is 4.88. The summed E-state index contributed by atoms with van der Waals surface area (Å²) >= 11 is 1.38. The second kappa shape index (κ2) is 6.80. The molecule has 3 rings (SSSR count). The molecule has 2 aromatic rings. The molecule has 7 heteroatoms. The molecule has 0 amide bonds. The highest BCUT2D eigenvalue weighted by atomic mass is 32.2. The lowest BCUT2D eigenvalue weighted by Crippen LogP contribution is -2.25. The van der Waals surface area contributed by atoms with Crippen LogP contribution in [0.5, 0.6) is 5.75 Å². The van der Waals surface area contributed by atoms with Crippen LogP contribution in [-0.4, -0.2) is 37.2 Å². The van der Waals surface area contributed by atoms with E-state index >= 15 is 0 Å². The topological polar surface area (TPSA) is 26.7 Å². The maximum atomic E-state index is 13.1. The first kappa shape index (κ1) is 17.9. The van der Waals surface area contributed by atoms with E-state index in [-0.39, 0.29) is 5.75 Å². The zero-order valence-corrected chi connectivity index (χ0v) is 14.8. The predicted molar refractivity (Wildman–Crippen MR) is 93.9 cm³/mol. The van der Waals surface area contributed by atoms with Gasteiger partial charge in [-0.1, -0.05) is 11.8 Å². The smallest absolute Gasteiger partial charge is 0.416 e. The van der Waals surface area contributed by atoms with Gasteiger partial charge in [0.2, 0.25) is 0 Å². The molecule has 0 unspecified atom stereocenters. The summed E-state index contributed by atoms with van der Waals surface area (Å²) in [4.78, 5) is 5.57. The fourth-order valence-electron chi connectivity index (χ4n) is 2.83. The van der Waals surface area contributed by atoms with Crippen LogP contribution >= 0.6 is 11.8 Å². The van der Waals surface area contributed by atoms with Crippen molar-refractivity contribution in [2.75, 3.05) is 32.1 Å². The van der Waals surface area contributed by atoms with E-state index in [9.17, 15) is 18.3 Å². The molecule has 1 aliphatic heterocycles. The highest BCUT2D eigenvalue weighted by Crippen LogP contribution is 2.50. The summed E-state index contributed by atoms with van der Waals surface area (Å²) in [5.74, 6) is 0.148. The molecular formula is C18H19F3N2OS. The van der Waals surface area contributed by atoms with E-state index in [4.69, 9.17) is 0 Å². The molecule has 0 radical (unpaired) electrons. The number of hydrogen-bond acceptors (Lipinski definition) is 4. The molecule has 25 heavy (non-hydrogen) atoms. The van der Waals surface area contributed by atoms with Crippen molar-refractivity contribution in [3.05, 3.63) is 42.0 Å². The predicted octanol–water partition coefficient (Wildman–Crippen LogP) is 4.97. The zero-order valence-electron chi connectivity index (χ0n) is 14.0. The number of rotatable bonds is 4. The van der Waals surface area contributed by atoms with Crippen LogP contribution in [0.4, 0.5) is 24.5 Å². The summed E-state index contributed by atoms with van der Waals surface area (Å²) < 4.78 is 39.4. The van der Waals surface area contributed by atoms with E-state index in [2.05, 4.69) is 0 Å². The first-order valence-electron chi connectivity index (χ1n) is 7.90. The van der Waals surface area contributed by atoms with Gasteiger partial charge in [0.25, 0.3) is 0 Å². The van der Waals surface area contributed by atoms with Crippen LogP contribution in [-0.2, 0) is 6.18 Å². The van der Waals surface area contributed by atoms with Crippen LogP contribution in [0.25, 0.3) is 0 Å². The lowest BCUT2D eigenvalue weighted by molar-refractivity contribution is -0.137. The number of nitrogens with zero attached hydrogens (tertiary/aromatic N) is 2. The van der Waals surface area contributed by atoms with Crippen molar-refractivity contribution in [3.8, 4) is 5.75 Å². The van der Waals surface area contributed by atoms with Crippen LogP contribution < -0.4 is 4.90 Å². The second-order valence-corrected chi connectivity index (χ2v) is 7.33. The third-order valence-corrected chi connectivity index (χ3v) is 5.13. The summed E-state index contributed by atoms with van der Waals surface area (Å²) in [6.07, 6.45) is -3.56. The number of phenols is 1. The lowest BCUT2D eigenvalue weighted by Gasteiger charge is -2.33. The molecule has 0 spiro atoms. The number of fused-ring (bicyclic) bond motifs is 2. The molecular weight excluding hydrogens is 349 g/mol. The van der Waals surface area contributed by atoms with Crippen LogP contribution in [0.1, 0.15) is 12.0 Å². The van der Waals surface area contributed by atoms with Crippen molar-refractivity contribution in [1.82, 2.24) is 4.90 Å². The molecule has 0 saturated carbocycles. The molecule has 1 aliphatic rings. The van der Waals surface area contributed by atoms with Crippen molar-refractivity contribution in [3.63, 3.8) is 0 Å². The molecule has 0 saturated heterocycles. The Labute approximate surface area is 149 Å². The molecule has 0 atom stereocenters. The molecule has 0 bridgehead atoms. The van der Waals surface area contributed by atoms with Gasteiger partial charge in [-0.3, -0.25) is 0 Å². The fourth-order valence-corrected chi connectivity index (χ4v) is 3.94. The third kappa shape index (κ3) is 3.88. The van der Waals surface area contributed by atoms with Crippen LogP contribution in [0.2, 0.25) is 0 Å². The minimum Gasteiger partial charge on any atom is -0.508 e. The van der Waals surface area contributed by atoms with Gasteiger partial charge in [0, 0.05) is 16.3 Å². The SMILES string of the molecule is CN(C)CCCN1c2ccc(O)cc2Sc2ccc(C(F)(F)F)cc21. The highest BCUT2D eigenvalue weighted by Gasteiger charge is 2.33. The van der Waals surface area contributed by atoms with Crippen LogP contribution in [0.3, 0.4) is 0 Å². The van der Waals surface area contributed by atoms with Crippen molar-refractivity contribution in [1.29, 1.82) is 0 Å². The number of halogens is 3. The molecule has 0 aromatic heterocycles. The van der Waals surface area contributed by atoms with Crippen molar-refractivity contribution in [2.24, 2.45) is 0 Å². The molecule has 0 aliphatic carbocycles. The summed E-state index contributed by atoms with van der Waals surface area (Å²) in [6.45, 7) is 1.44. The number of phenolic OH excluding ortho intramolecular Hbond substituents is 1. The Balaban J connectivity index is 2.02. The summed E-state index contributed by atoms with van der Waals surface area (Å²) in [5, 5.41) is 9.73. The Morgan fingerprint density at radius 1 is 1.04 bits per heavy atom. The number of benzene rings is 2. The third-order valence-electron chi connectivity index (χ3n) is 4.02. The molecule has 3 nitrogen and oxygen atoms in total. The monoisotopic (exact) mass is 368 g/mol. The number of anilines is 2. The van der Waals surface area contributed by atoms with Gasteiger partial charge >= 0.3 is 6.18 Å². The Hall–Kier alpha value is -1.86. The Morgan fingerprint density at radius 2 is 1.80 bits per heavy atom. The number of alkyl halides is 3. The number of hydrogen-bond donors (Lipinski definition) is 1. The van der Waals surface area contributed by atoms with Gasteiger partial charge in [-0.2, -0.15) is 13.2 Å². The second-order valence-electron chi connectivity index (χ2n) is 6.24. The average molecular weight is 368 g/mol. The molecule has 1 heterocycles. The standard InChI is InChI=1S/C18H19F3N2OS/c1-22(2)8-3-9-23-14-6-5-13(24)11-17(14)25-16-7-4-12(10-15(16)23)18(19,20)21/h4-7,10-11,24H,3,8-9H2,1-2H3. The van der Waals surface area contributed by atoms with Gasteiger partial charge in [-0.15, -0.1) is 0 Å². The lowest BCUT2D eigenvalue weighted by atomic mass is 10.1. The quantitative estimate of drug-likeness (QED) is 0.825. The van der Waals surface area contributed by atoms with E-state index in [0.29, 0.717) is 12.2 Å². The first-order valence-corrected chi connectivity index (χ1v) is 8.72. The summed E-state index contributed by atoms with van der Waals surface area (Å²) in [7, 11) is 3.93. The van der Waals surface area contributed by atoms with E-state index in [1.807, 2.05) is 23.9 Å². The summed E-state index contributed by atoms with van der Waals surface area (Å²) in [6, 6.07) is 8.81. The van der Waals surface area contributed by atoms with Crippen LogP contribution in [0.15, 0.2) is 46.2 Å². The van der Waals surface area contributed by atoms with Crippen molar-refractivity contribution < 1.29 is 18.3 Å². The Bertz CT molecular complexity index is 777. The van der Waals surface area contributed by atoms with Gasteiger partial charge in [-0.05, 0) is 63.5 Å². The average Bonchev–Trinajstić information content (AvgIpc) is 2.52. The zero-order chi connectivity index (χ0) is 18.2. The van der Waals surface area contributed by atoms with E-state index in [1.54, 1.807) is 18.2 Å². The Morgan fingerprint density at radius 3 is 2.48 bits per heavy atom. The first-order chi connectivity index (χ1) is 11.8. The van der Waals surface area contributed by atoms with E-state index in [0.717, 1.165) is 34.5 Å². The van der Waals surface area contributed by atoms with Gasteiger partial charge in [-0.25, -0.2) is 0 Å². The molecule has 0 fully saturated rings.